The van der Waals surface area contributed by atoms with Gasteiger partial charge >= 0.3 is 5.97 Å². The van der Waals surface area contributed by atoms with Gasteiger partial charge in [-0.3, -0.25) is 0 Å². The maximum Gasteiger partial charge on any atom is 0.338 e. The Balaban J connectivity index is 2.39. The lowest BCUT2D eigenvalue weighted by Crippen LogP contribution is -2.03. The first-order chi connectivity index (χ1) is 8.24. The summed E-state index contributed by atoms with van der Waals surface area (Å²) in [7, 11) is 0. The molecule has 1 aliphatic heterocycles. The standard InChI is InChI=1S/C14H15NO2/c1-2-9-7-8-15-11-6-4-3-5-10(11)12(13(9)15)14(16)17/h3-6,9H,2,7-8H2,1H3,(H,16,17). The Morgan fingerprint density at radius 1 is 1.47 bits per heavy atom. The number of carboxylic acids is 1. The molecule has 17 heavy (non-hydrogen) atoms. The van der Waals surface area contributed by atoms with Crippen LogP contribution < -0.4 is 0 Å². The molecule has 0 amide bonds. The molecule has 0 bridgehead atoms. The van der Waals surface area contributed by atoms with Crippen LogP contribution in [-0.4, -0.2) is 15.6 Å². The highest BCUT2D eigenvalue weighted by Crippen LogP contribution is 2.39. The zero-order chi connectivity index (χ0) is 12.0. The van der Waals surface area contributed by atoms with Crippen molar-refractivity contribution in [3.63, 3.8) is 0 Å². The van der Waals surface area contributed by atoms with Gasteiger partial charge in [0.2, 0.25) is 0 Å². The van der Waals surface area contributed by atoms with Gasteiger partial charge in [-0.1, -0.05) is 25.1 Å². The van der Waals surface area contributed by atoms with E-state index in [4.69, 9.17) is 0 Å². The number of hydrogen-bond acceptors (Lipinski definition) is 1. The van der Waals surface area contributed by atoms with Gasteiger partial charge in [0.1, 0.15) is 0 Å². The lowest BCUT2D eigenvalue weighted by atomic mass is 9.97. The van der Waals surface area contributed by atoms with Gasteiger partial charge in [-0.15, -0.1) is 0 Å². The molecule has 2 aromatic rings. The second-order valence-electron chi connectivity index (χ2n) is 4.63. The van der Waals surface area contributed by atoms with Crippen LogP contribution in [0.1, 0.15) is 41.7 Å². The summed E-state index contributed by atoms with van der Waals surface area (Å²) in [5, 5.41) is 10.3. The molecule has 1 N–H and O–H groups in total. The van der Waals surface area contributed by atoms with Crippen LogP contribution in [0.5, 0.6) is 0 Å². The molecule has 0 saturated heterocycles. The fourth-order valence-corrected chi connectivity index (χ4v) is 3.03. The zero-order valence-electron chi connectivity index (χ0n) is 9.81. The predicted octanol–water partition coefficient (Wildman–Crippen LogP) is 3.24. The van der Waals surface area contributed by atoms with Crippen molar-refractivity contribution in [2.24, 2.45) is 0 Å². The lowest BCUT2D eigenvalue weighted by molar-refractivity contribution is 0.0697. The number of benzene rings is 1. The van der Waals surface area contributed by atoms with Crippen molar-refractivity contribution >= 4 is 16.9 Å². The van der Waals surface area contributed by atoms with Gasteiger partial charge in [0.25, 0.3) is 0 Å². The molecule has 88 valence electrons. The molecule has 1 aromatic heterocycles. The molecule has 0 aliphatic carbocycles. The van der Waals surface area contributed by atoms with Crippen LogP contribution in [0, 0.1) is 0 Å². The Morgan fingerprint density at radius 2 is 2.24 bits per heavy atom. The van der Waals surface area contributed by atoms with Crippen molar-refractivity contribution in [1.29, 1.82) is 0 Å². The van der Waals surface area contributed by atoms with Gasteiger partial charge in [-0.05, 0) is 18.9 Å². The van der Waals surface area contributed by atoms with Crippen LogP contribution in [0.3, 0.4) is 0 Å². The normalized spacial score (nSPS) is 18.5. The summed E-state index contributed by atoms with van der Waals surface area (Å²) in [6, 6.07) is 7.81. The van der Waals surface area contributed by atoms with E-state index in [1.54, 1.807) is 0 Å². The minimum atomic E-state index is -0.796. The molecular weight excluding hydrogens is 214 g/mol. The average Bonchev–Trinajstić information content (AvgIpc) is 2.85. The Hall–Kier alpha value is -1.77. The number of aromatic nitrogens is 1. The summed E-state index contributed by atoms with van der Waals surface area (Å²) in [4.78, 5) is 11.5. The number of nitrogens with zero attached hydrogens (tertiary/aromatic N) is 1. The lowest BCUT2D eigenvalue weighted by Gasteiger charge is -2.06. The topological polar surface area (TPSA) is 42.2 Å². The number of hydrogen-bond donors (Lipinski definition) is 1. The smallest absolute Gasteiger partial charge is 0.338 e. The number of para-hydroxylation sites is 1. The van der Waals surface area contributed by atoms with Crippen LogP contribution in [-0.2, 0) is 6.54 Å². The average molecular weight is 229 g/mol. The summed E-state index contributed by atoms with van der Waals surface area (Å²) in [5.74, 6) is -0.399. The SMILES string of the molecule is CCC1CCn2c1c(C(=O)O)c1ccccc12. The molecule has 1 aromatic carbocycles. The number of aromatic carboxylic acids is 1. The second-order valence-corrected chi connectivity index (χ2v) is 4.63. The minimum absolute atomic E-state index is 0.397. The van der Waals surface area contributed by atoms with Crippen molar-refractivity contribution in [2.45, 2.75) is 32.2 Å². The van der Waals surface area contributed by atoms with Gasteiger partial charge in [0.05, 0.1) is 5.56 Å². The van der Waals surface area contributed by atoms with E-state index >= 15 is 0 Å². The Morgan fingerprint density at radius 3 is 2.94 bits per heavy atom. The fraction of sp³-hybridized carbons (Fsp3) is 0.357. The Labute approximate surface area is 99.7 Å². The van der Waals surface area contributed by atoms with E-state index in [9.17, 15) is 9.90 Å². The highest BCUT2D eigenvalue weighted by Gasteiger charge is 2.30. The van der Waals surface area contributed by atoms with E-state index in [0.29, 0.717) is 11.5 Å². The highest BCUT2D eigenvalue weighted by molar-refractivity contribution is 6.05. The van der Waals surface area contributed by atoms with E-state index < -0.39 is 5.97 Å². The third kappa shape index (κ3) is 1.32. The maximum atomic E-state index is 11.5. The molecule has 0 radical (unpaired) electrons. The molecule has 0 fully saturated rings. The van der Waals surface area contributed by atoms with Crippen LogP contribution >= 0.6 is 0 Å². The fourth-order valence-electron chi connectivity index (χ4n) is 3.03. The Bertz CT molecular complexity index is 598. The van der Waals surface area contributed by atoms with Crippen molar-refractivity contribution < 1.29 is 9.90 Å². The van der Waals surface area contributed by atoms with E-state index in [2.05, 4.69) is 11.5 Å². The molecule has 0 spiro atoms. The highest BCUT2D eigenvalue weighted by atomic mass is 16.4. The molecule has 3 heteroatoms. The molecule has 2 heterocycles. The van der Waals surface area contributed by atoms with Crippen molar-refractivity contribution in [1.82, 2.24) is 4.57 Å². The number of aryl methyl sites for hydroxylation is 1. The monoisotopic (exact) mass is 229 g/mol. The van der Waals surface area contributed by atoms with Gasteiger partial charge in [-0.25, -0.2) is 4.79 Å². The number of carbonyl (C=O) groups is 1. The zero-order valence-corrected chi connectivity index (χ0v) is 9.81. The summed E-state index contributed by atoms with van der Waals surface area (Å²) in [6.07, 6.45) is 2.08. The molecule has 3 rings (SSSR count). The summed E-state index contributed by atoms with van der Waals surface area (Å²) >= 11 is 0. The van der Waals surface area contributed by atoms with E-state index in [1.807, 2.05) is 24.3 Å². The maximum absolute atomic E-state index is 11.5. The number of carboxylic acid groups (broad SMARTS) is 1. The quantitative estimate of drug-likeness (QED) is 0.859. The number of rotatable bonds is 2. The van der Waals surface area contributed by atoms with Gasteiger partial charge in [0.15, 0.2) is 0 Å². The predicted molar refractivity (Wildman–Crippen MR) is 66.5 cm³/mol. The van der Waals surface area contributed by atoms with Crippen LogP contribution in [0.4, 0.5) is 0 Å². The summed E-state index contributed by atoms with van der Waals surface area (Å²) < 4.78 is 2.19. The van der Waals surface area contributed by atoms with Crippen molar-refractivity contribution in [2.75, 3.05) is 0 Å². The minimum Gasteiger partial charge on any atom is -0.478 e. The van der Waals surface area contributed by atoms with E-state index in [1.165, 1.54) is 0 Å². The summed E-state index contributed by atoms with van der Waals surface area (Å²) in [5.41, 5.74) is 2.61. The van der Waals surface area contributed by atoms with E-state index in [0.717, 1.165) is 36.0 Å². The molecule has 1 aliphatic rings. The molecular formula is C14H15NO2. The summed E-state index contributed by atoms with van der Waals surface area (Å²) in [6.45, 7) is 3.07. The Kier molecular flexibility index (Phi) is 2.21. The van der Waals surface area contributed by atoms with Crippen LogP contribution in [0.2, 0.25) is 0 Å². The molecule has 1 atom stereocenters. The molecule has 0 saturated carbocycles. The van der Waals surface area contributed by atoms with Gasteiger partial charge < -0.3 is 9.67 Å². The van der Waals surface area contributed by atoms with E-state index in [-0.39, 0.29) is 0 Å². The second kappa shape index (κ2) is 3.62. The van der Waals surface area contributed by atoms with Crippen molar-refractivity contribution in [3.05, 3.63) is 35.5 Å². The van der Waals surface area contributed by atoms with Gasteiger partial charge in [-0.2, -0.15) is 0 Å². The van der Waals surface area contributed by atoms with Crippen LogP contribution in [0.25, 0.3) is 10.9 Å². The van der Waals surface area contributed by atoms with Crippen LogP contribution in [0.15, 0.2) is 24.3 Å². The third-order valence-corrected chi connectivity index (χ3v) is 3.81. The first kappa shape index (κ1) is 10.4. The van der Waals surface area contributed by atoms with Crippen molar-refractivity contribution in [3.8, 4) is 0 Å². The van der Waals surface area contributed by atoms with Gasteiger partial charge in [0, 0.05) is 29.1 Å². The first-order valence-electron chi connectivity index (χ1n) is 6.08. The first-order valence-corrected chi connectivity index (χ1v) is 6.08. The third-order valence-electron chi connectivity index (χ3n) is 3.81. The molecule has 3 nitrogen and oxygen atoms in total. The number of fused-ring (bicyclic) bond motifs is 3. The molecule has 1 unspecified atom stereocenters. The largest absolute Gasteiger partial charge is 0.478 e.